The summed E-state index contributed by atoms with van der Waals surface area (Å²) in [5.41, 5.74) is 1.22. The molecule has 0 saturated heterocycles. The summed E-state index contributed by atoms with van der Waals surface area (Å²) in [4.78, 5) is 92.1. The van der Waals surface area contributed by atoms with E-state index in [9.17, 15) is 33.6 Å². The molecule has 4 aromatic rings. The zero-order valence-corrected chi connectivity index (χ0v) is 48.8. The van der Waals surface area contributed by atoms with Crippen LogP contribution in [0.4, 0.5) is 9.59 Å². The van der Waals surface area contributed by atoms with E-state index in [1.54, 1.807) is 48.5 Å². The van der Waals surface area contributed by atoms with Crippen molar-refractivity contribution in [1.29, 1.82) is 0 Å². The van der Waals surface area contributed by atoms with E-state index in [-0.39, 0.29) is 60.7 Å². The predicted molar refractivity (Wildman–Crippen MR) is 305 cm³/mol. The molecule has 7 bridgehead atoms. The molecule has 8 saturated carbocycles. The van der Waals surface area contributed by atoms with Gasteiger partial charge in [0.2, 0.25) is 0 Å². The van der Waals surface area contributed by atoms with Crippen LogP contribution in [0, 0.1) is 64.8 Å². The number of fused-ring (bicyclic) bond motifs is 2. The van der Waals surface area contributed by atoms with Gasteiger partial charge in [-0.1, -0.05) is 6.58 Å². The molecule has 6 atom stereocenters. The van der Waals surface area contributed by atoms with Crippen molar-refractivity contribution in [2.45, 2.75) is 84.0 Å². The van der Waals surface area contributed by atoms with E-state index < -0.39 is 82.3 Å². The first-order chi connectivity index (χ1) is 38.6. The topological polar surface area (TPSA) is 203 Å². The second-order valence-electron chi connectivity index (χ2n) is 22.8. The van der Waals surface area contributed by atoms with Gasteiger partial charge in [0.25, 0.3) is 0 Å². The molecular formula is C62H64I2O16. The van der Waals surface area contributed by atoms with Gasteiger partial charge in [0.1, 0.15) is 0 Å². The van der Waals surface area contributed by atoms with Crippen LogP contribution in [0.3, 0.4) is 0 Å². The zero-order valence-electron chi connectivity index (χ0n) is 44.4. The van der Waals surface area contributed by atoms with E-state index >= 15 is 0 Å². The number of carbonyl (C=O) groups is 7. The molecule has 18 heteroatoms. The van der Waals surface area contributed by atoms with E-state index in [2.05, 4.69) is 13.2 Å². The molecule has 8 fully saturated rings. The van der Waals surface area contributed by atoms with Gasteiger partial charge in [-0.25, -0.2) is 4.79 Å². The Morgan fingerprint density at radius 3 is 1.52 bits per heavy atom. The Morgan fingerprint density at radius 1 is 0.512 bits per heavy atom. The number of hydrogen-bond acceptors (Lipinski definition) is 16. The van der Waals surface area contributed by atoms with Gasteiger partial charge in [0, 0.05) is 5.57 Å². The molecule has 0 N–H and O–H groups in total. The fourth-order valence-electron chi connectivity index (χ4n) is 15.0. The van der Waals surface area contributed by atoms with Gasteiger partial charge in [-0.15, -0.1) is 0 Å². The zero-order chi connectivity index (χ0) is 55.8. The standard InChI is InChI=1S/C62H64I2O16/c1-38(2)53(65)76-50-20-18-46(19-21-50)55(67)73-23-25-75-59(71)80-64(49-12-8-5-9-13-49)78-57(69)62-35-43-30-47-36-61(62,34-43)52(37-62)51(47)26-39(3)44-14-16-45(17-15-44)54(66)72-22-24-74-58(70)79-63(48-10-6-4-7-11-48)77-56(68)60-31-40-27-41(32-60)29-42(28-40)33-60/h4-21,40-43,47,51-52H,1,3,22-37H2,2H3. The summed E-state index contributed by atoms with van der Waals surface area (Å²) in [5.74, 6) is 0.916. The predicted octanol–water partition coefficient (Wildman–Crippen LogP) is 13.0. The second-order valence-corrected chi connectivity index (χ2v) is 29.6. The molecule has 0 aliphatic heterocycles. The maximum absolute atomic E-state index is 14.6. The van der Waals surface area contributed by atoms with Crippen LogP contribution in [0.5, 0.6) is 5.75 Å². The van der Waals surface area contributed by atoms with Crippen molar-refractivity contribution in [3.8, 4) is 5.75 Å². The van der Waals surface area contributed by atoms with E-state index in [1.165, 1.54) is 50.5 Å². The van der Waals surface area contributed by atoms with E-state index in [0.717, 1.165) is 62.5 Å². The van der Waals surface area contributed by atoms with Crippen molar-refractivity contribution in [2.24, 2.45) is 57.7 Å². The molecular weight excluding hydrogens is 1250 g/mol. The molecule has 0 heterocycles. The monoisotopic (exact) mass is 1320 g/mol. The van der Waals surface area contributed by atoms with Crippen molar-refractivity contribution >= 4 is 89.0 Å². The number of rotatable bonds is 21. The second kappa shape index (κ2) is 23.3. The molecule has 0 aromatic heterocycles. The van der Waals surface area contributed by atoms with E-state index in [1.807, 2.05) is 36.4 Å². The molecule has 12 rings (SSSR count). The number of ether oxygens (including phenoxy) is 5. The molecule has 80 heavy (non-hydrogen) atoms. The number of esters is 3. The van der Waals surface area contributed by atoms with Crippen LogP contribution in [0.15, 0.2) is 128 Å². The van der Waals surface area contributed by atoms with Crippen molar-refractivity contribution in [2.75, 3.05) is 26.4 Å². The summed E-state index contributed by atoms with van der Waals surface area (Å²) in [6.07, 6.45) is 9.14. The summed E-state index contributed by atoms with van der Waals surface area (Å²) in [7, 11) is 0. The van der Waals surface area contributed by atoms with Gasteiger partial charge in [0.15, 0.2) is 0 Å². The van der Waals surface area contributed by atoms with Gasteiger partial charge < -0.3 is 0 Å². The Labute approximate surface area is 480 Å². The summed E-state index contributed by atoms with van der Waals surface area (Å²) in [6.45, 7) is 8.56. The van der Waals surface area contributed by atoms with Crippen LogP contribution in [0.1, 0.15) is 110 Å². The van der Waals surface area contributed by atoms with Crippen LogP contribution in [-0.2, 0) is 45.6 Å². The third-order valence-corrected chi connectivity index (χ3v) is 24.5. The van der Waals surface area contributed by atoms with Crippen LogP contribution in [0.2, 0.25) is 0 Å². The molecule has 4 aromatic carbocycles. The SMILES string of the molecule is C=C(C)C(=O)Oc1ccc(C(=O)OCCOC(=O)OI(OC(=O)C23CC4CC5CC2(C4)C(C3)C5CC(=C)c2ccc(C(=O)OCCOC(=O)OI(OC(=O)C34CC5CC(CC(C5)C3)C4)c3ccccc3)cc2)c2ccccc2)cc1. The normalized spacial score (nSPS) is 27.9. The number of carbonyl (C=O) groups excluding carboxylic acids is 7. The third kappa shape index (κ3) is 11.4. The Kier molecular flexibility index (Phi) is 16.2. The third-order valence-electron chi connectivity index (χ3n) is 17.9. The van der Waals surface area contributed by atoms with Crippen LogP contribution >= 0.6 is 41.3 Å². The molecule has 16 nitrogen and oxygen atoms in total. The Hall–Kier alpha value is -6.29. The summed E-state index contributed by atoms with van der Waals surface area (Å²) in [6, 6.07) is 30.9. The minimum atomic E-state index is -3.41. The van der Waals surface area contributed by atoms with E-state index in [4.69, 9.17) is 35.9 Å². The van der Waals surface area contributed by atoms with Crippen LogP contribution < -0.4 is 4.74 Å². The van der Waals surface area contributed by atoms with Gasteiger partial charge in [-0.3, -0.25) is 0 Å². The molecule has 422 valence electrons. The minimum absolute atomic E-state index is 0.199. The van der Waals surface area contributed by atoms with Crippen molar-refractivity contribution in [3.63, 3.8) is 0 Å². The van der Waals surface area contributed by atoms with Gasteiger partial charge in [-0.2, -0.15) is 0 Å². The van der Waals surface area contributed by atoms with Crippen molar-refractivity contribution in [1.82, 2.24) is 0 Å². The molecule has 6 unspecified atom stereocenters. The average molecular weight is 1320 g/mol. The van der Waals surface area contributed by atoms with Crippen molar-refractivity contribution in [3.05, 3.63) is 152 Å². The molecule has 8 aliphatic carbocycles. The Morgan fingerprint density at radius 2 is 1.00 bits per heavy atom. The molecule has 8 aliphatic rings. The maximum atomic E-state index is 14.6. The number of benzene rings is 4. The van der Waals surface area contributed by atoms with Gasteiger partial charge in [0.05, 0.1) is 0 Å². The molecule has 1 spiro atoms. The van der Waals surface area contributed by atoms with Crippen molar-refractivity contribution < 1.29 is 69.5 Å². The fraction of sp³-hybridized carbons (Fsp3) is 0.435. The first-order valence-electron chi connectivity index (χ1n) is 27.4. The van der Waals surface area contributed by atoms with Gasteiger partial charge in [-0.05, 0) is 6.92 Å². The first kappa shape index (κ1) is 55.6. The summed E-state index contributed by atoms with van der Waals surface area (Å²) < 4.78 is 51.8. The summed E-state index contributed by atoms with van der Waals surface area (Å²) >= 11 is -6.66. The fourth-order valence-corrected chi connectivity index (χ4v) is 20.7. The number of hydrogen-bond donors (Lipinski definition) is 0. The molecule has 0 radical (unpaired) electrons. The Balaban J connectivity index is 0.636. The first-order valence-corrected chi connectivity index (χ1v) is 33.0. The molecule has 0 amide bonds. The van der Waals surface area contributed by atoms with Crippen LogP contribution in [0.25, 0.3) is 5.57 Å². The summed E-state index contributed by atoms with van der Waals surface area (Å²) in [5, 5.41) is 0. The number of halogens is 2. The van der Waals surface area contributed by atoms with E-state index in [0.29, 0.717) is 60.5 Å². The Bertz CT molecular complexity index is 3020. The average Bonchev–Trinajstić information content (AvgIpc) is 2.64. The quantitative estimate of drug-likeness (QED) is 0.0190. The van der Waals surface area contributed by atoms with Crippen LogP contribution in [-0.4, -0.2) is 68.6 Å². The number of allylic oxidation sites excluding steroid dienone is 1. The van der Waals surface area contributed by atoms with Gasteiger partial charge >= 0.3 is 460 Å².